The first-order valence-corrected chi connectivity index (χ1v) is 21.9. The number of allylic oxidation sites excluding steroid dienone is 6. The normalized spacial score (nSPS) is 12.0. The Balaban J connectivity index is 0.000000178. The lowest BCUT2D eigenvalue weighted by Gasteiger charge is -2.34. The van der Waals surface area contributed by atoms with Crippen LogP contribution < -0.4 is 0 Å². The highest BCUT2D eigenvalue weighted by atomic mass is 14.9. The minimum Gasteiger partial charge on any atom is -0.344 e. The number of pyridine rings is 1. The number of hydrogen-bond donors (Lipinski definition) is 0. The average Bonchev–Trinajstić information content (AvgIpc) is 3.80. The molecule has 0 saturated carbocycles. The van der Waals surface area contributed by atoms with Crippen LogP contribution in [-0.2, 0) is 18.9 Å². The highest BCUT2D eigenvalue weighted by Gasteiger charge is 2.46. The van der Waals surface area contributed by atoms with Crippen molar-refractivity contribution in [3.63, 3.8) is 0 Å². The van der Waals surface area contributed by atoms with E-state index in [1.54, 1.807) is 18.5 Å². The van der Waals surface area contributed by atoms with E-state index >= 15 is 0 Å². The Morgan fingerprint density at radius 3 is 1.95 bits per heavy atom. The van der Waals surface area contributed by atoms with Gasteiger partial charge in [-0.15, -0.1) is 0 Å². The van der Waals surface area contributed by atoms with Crippen LogP contribution >= 0.6 is 0 Å². The van der Waals surface area contributed by atoms with E-state index in [-0.39, 0.29) is 5.41 Å². The van der Waals surface area contributed by atoms with Crippen molar-refractivity contribution in [2.45, 2.75) is 66.7 Å². The quantitative estimate of drug-likeness (QED) is 0.113. The maximum Gasteiger partial charge on any atom is 0.116 e. The molecule has 4 nitrogen and oxygen atoms in total. The molecule has 0 amide bonds. The lowest BCUT2D eigenvalue weighted by molar-refractivity contribution is 0.755. The summed E-state index contributed by atoms with van der Waals surface area (Å²) in [6, 6.07) is 47.8. The van der Waals surface area contributed by atoms with Crippen LogP contribution in [0.1, 0.15) is 85.8 Å². The first kappa shape index (κ1) is 46.2. The molecule has 4 heteroatoms. The van der Waals surface area contributed by atoms with Gasteiger partial charge in [0.2, 0.25) is 0 Å². The molecule has 0 bridgehead atoms. The summed E-state index contributed by atoms with van der Waals surface area (Å²) in [5.41, 5.74) is 15.7. The zero-order valence-electron chi connectivity index (χ0n) is 37.9. The summed E-state index contributed by atoms with van der Waals surface area (Å²) in [4.78, 5) is 12.7. The predicted molar refractivity (Wildman–Crippen MR) is 268 cm³/mol. The topological polar surface area (TPSA) is 43.6 Å². The summed E-state index contributed by atoms with van der Waals surface area (Å²) in [6.07, 6.45) is 17.4. The van der Waals surface area contributed by atoms with Crippen molar-refractivity contribution < 1.29 is 0 Å². The second-order valence-corrected chi connectivity index (χ2v) is 14.5. The fraction of sp³-hybridized carbons (Fsp3) is 0.190. The van der Waals surface area contributed by atoms with Gasteiger partial charge in [0.25, 0.3) is 0 Å². The Kier molecular flexibility index (Phi) is 16.8. The van der Waals surface area contributed by atoms with Gasteiger partial charge >= 0.3 is 0 Å². The van der Waals surface area contributed by atoms with Gasteiger partial charge in [0.15, 0.2) is 0 Å². The minimum atomic E-state index is -0.327. The van der Waals surface area contributed by atoms with Gasteiger partial charge in [0.1, 0.15) is 6.33 Å². The van der Waals surface area contributed by atoms with Gasteiger partial charge in [-0.3, -0.25) is 4.98 Å². The van der Waals surface area contributed by atoms with E-state index in [1.165, 1.54) is 66.3 Å². The summed E-state index contributed by atoms with van der Waals surface area (Å²) in [5.74, 6) is 0. The van der Waals surface area contributed by atoms with Gasteiger partial charge in [0.05, 0.1) is 11.1 Å². The lowest BCUT2D eigenvalue weighted by Crippen LogP contribution is -2.29. The van der Waals surface area contributed by atoms with Crippen molar-refractivity contribution in [2.24, 2.45) is 7.05 Å². The molecule has 0 unspecified atom stereocenters. The molecule has 0 fully saturated rings. The molecule has 8 aromatic rings. The minimum absolute atomic E-state index is 0.327. The number of nitrogens with zero attached hydrogens (tertiary/aromatic N) is 4. The lowest BCUT2D eigenvalue weighted by atomic mass is 9.67. The van der Waals surface area contributed by atoms with Crippen LogP contribution in [0.2, 0.25) is 0 Å². The van der Waals surface area contributed by atoms with Gasteiger partial charge in [0, 0.05) is 46.9 Å². The first-order valence-electron chi connectivity index (χ1n) is 21.9. The predicted octanol–water partition coefficient (Wildman–Crippen LogP) is 15.2. The highest BCUT2D eigenvalue weighted by molar-refractivity contribution is 6.09. The first-order chi connectivity index (χ1) is 30.4. The molecule has 3 aromatic heterocycles. The number of aromatic nitrogens is 4. The van der Waals surface area contributed by atoms with Crippen LogP contribution in [-0.4, -0.2) is 19.5 Å². The Morgan fingerprint density at radius 1 is 0.694 bits per heavy atom. The van der Waals surface area contributed by atoms with Crippen molar-refractivity contribution in [2.75, 3.05) is 0 Å². The van der Waals surface area contributed by atoms with E-state index in [0.717, 1.165) is 29.8 Å². The van der Waals surface area contributed by atoms with E-state index < -0.39 is 0 Å². The molecule has 0 atom stereocenters. The second kappa shape index (κ2) is 22.6. The number of aryl methyl sites for hydroxylation is 4. The summed E-state index contributed by atoms with van der Waals surface area (Å²) in [6.45, 7) is 21.5. The standard InChI is InChI=1S/C25H19N.C18H19N.C11H12N2.2C2H6/c1-18-15-16-26-17-24(18)25(19-9-3-2-4-10-19)22-13-7-5-11-20(22)21-12-6-8-14-23(21)25;1-3-4-5-9-14-10-8-13-17-18(14)15-11-6-7-12-16(15)19(17)2;1-4-6-10(5-2)11-7-9(3)12-8-13-11;2*1-2/h2-17H,1H3;3-4,6-8,10-13H,5,9H2,1-2H3;4-8H,1-2H2,3H3;2*1-2H3/b;4-3-;10-6+;;. The Labute approximate surface area is 370 Å². The number of fused-ring (bicyclic) bond motifs is 6. The van der Waals surface area contributed by atoms with Crippen molar-refractivity contribution in [3.05, 3.63) is 240 Å². The largest absolute Gasteiger partial charge is 0.344 e. The zero-order valence-corrected chi connectivity index (χ0v) is 37.9. The number of rotatable bonds is 8. The molecule has 0 saturated heterocycles. The van der Waals surface area contributed by atoms with Gasteiger partial charge in [-0.1, -0.05) is 180 Å². The molecular weight excluding hydrogens is 753 g/mol. The molecule has 314 valence electrons. The molecule has 3 heterocycles. The van der Waals surface area contributed by atoms with Crippen LogP contribution in [0.15, 0.2) is 196 Å². The van der Waals surface area contributed by atoms with Crippen LogP contribution in [0.5, 0.6) is 0 Å². The fourth-order valence-electron chi connectivity index (χ4n) is 8.43. The maximum absolute atomic E-state index is 4.51. The third-order valence-corrected chi connectivity index (χ3v) is 11.1. The molecule has 0 spiro atoms. The molecule has 1 aliphatic rings. The smallest absolute Gasteiger partial charge is 0.116 e. The van der Waals surface area contributed by atoms with Crippen molar-refractivity contribution in [3.8, 4) is 11.1 Å². The third-order valence-electron chi connectivity index (χ3n) is 11.1. The maximum atomic E-state index is 4.51. The van der Waals surface area contributed by atoms with Crippen molar-refractivity contribution >= 4 is 27.4 Å². The molecule has 0 N–H and O–H groups in total. The summed E-state index contributed by atoms with van der Waals surface area (Å²) < 4.78 is 2.30. The van der Waals surface area contributed by atoms with Crippen LogP contribution in [0.4, 0.5) is 0 Å². The van der Waals surface area contributed by atoms with Gasteiger partial charge in [-0.2, -0.15) is 0 Å². The fourth-order valence-corrected chi connectivity index (χ4v) is 8.43. The Bertz CT molecular complexity index is 2720. The van der Waals surface area contributed by atoms with Crippen molar-refractivity contribution in [1.29, 1.82) is 0 Å². The van der Waals surface area contributed by atoms with E-state index in [9.17, 15) is 0 Å². The average molecular weight is 815 g/mol. The summed E-state index contributed by atoms with van der Waals surface area (Å²) in [7, 11) is 2.15. The number of benzene rings is 5. The Morgan fingerprint density at radius 2 is 1.32 bits per heavy atom. The molecule has 0 radical (unpaired) electrons. The molecule has 5 aromatic carbocycles. The SMILES string of the molecule is C/C=C\CCc1cccc2c1c1ccccc1n2C.C=C/C=C(\C=C)c1cc(C)ncn1.CC.CC.Cc1ccncc1C1(c2ccccc2)c2ccccc2-c2ccccc21. The number of hydrogen-bond acceptors (Lipinski definition) is 3. The van der Waals surface area contributed by atoms with E-state index in [4.69, 9.17) is 0 Å². The van der Waals surface area contributed by atoms with Gasteiger partial charge in [-0.05, 0) is 108 Å². The second-order valence-electron chi connectivity index (χ2n) is 14.5. The zero-order chi connectivity index (χ0) is 44.5. The monoisotopic (exact) mass is 814 g/mol. The van der Waals surface area contributed by atoms with Gasteiger partial charge < -0.3 is 4.57 Å². The molecule has 1 aliphatic carbocycles. The van der Waals surface area contributed by atoms with Crippen LogP contribution in [0.25, 0.3) is 38.5 Å². The van der Waals surface area contributed by atoms with E-state index in [0.29, 0.717) is 0 Å². The van der Waals surface area contributed by atoms with Crippen LogP contribution in [0.3, 0.4) is 0 Å². The van der Waals surface area contributed by atoms with E-state index in [1.807, 2.05) is 59.2 Å². The Hall–Kier alpha value is -6.91. The van der Waals surface area contributed by atoms with Crippen molar-refractivity contribution in [1.82, 2.24) is 19.5 Å². The van der Waals surface area contributed by atoms with E-state index in [2.05, 4.69) is 193 Å². The molecule has 0 aliphatic heterocycles. The van der Waals surface area contributed by atoms with Gasteiger partial charge in [-0.25, -0.2) is 9.97 Å². The molecule has 62 heavy (non-hydrogen) atoms. The third kappa shape index (κ3) is 9.51. The molecule has 9 rings (SSSR count). The summed E-state index contributed by atoms with van der Waals surface area (Å²) >= 11 is 0. The molecular formula is C58H62N4. The van der Waals surface area contributed by atoms with Crippen LogP contribution in [0, 0.1) is 13.8 Å². The highest BCUT2D eigenvalue weighted by Crippen LogP contribution is 2.56. The summed E-state index contributed by atoms with van der Waals surface area (Å²) in [5, 5.41) is 2.79. The number of para-hydroxylation sites is 1.